The molecule has 0 spiro atoms. The molecule has 1 atom stereocenters. The molecule has 10 heteroatoms. The smallest absolute Gasteiger partial charge is 0.338 e. The number of esters is 1. The lowest BCUT2D eigenvalue weighted by Crippen LogP contribution is -2.47. The van der Waals surface area contributed by atoms with E-state index in [0.717, 1.165) is 0 Å². The molecule has 2 N–H and O–H groups in total. The van der Waals surface area contributed by atoms with Crippen LogP contribution in [0.1, 0.15) is 11.6 Å². The minimum atomic E-state index is -4.05. The fourth-order valence-electron chi connectivity index (χ4n) is 3.27. The van der Waals surface area contributed by atoms with Gasteiger partial charge in [0.05, 0.1) is 38.7 Å². The van der Waals surface area contributed by atoms with Crippen molar-refractivity contribution < 1.29 is 32.2 Å². The van der Waals surface area contributed by atoms with E-state index >= 15 is 0 Å². The van der Waals surface area contributed by atoms with Crippen molar-refractivity contribution in [3.8, 4) is 11.5 Å². The fourth-order valence-corrected chi connectivity index (χ4v) is 4.79. The van der Waals surface area contributed by atoms with E-state index in [-0.39, 0.29) is 21.9 Å². The van der Waals surface area contributed by atoms with Crippen LogP contribution in [0.15, 0.2) is 64.7 Å². The van der Waals surface area contributed by atoms with Gasteiger partial charge in [-0.1, -0.05) is 30.3 Å². The van der Waals surface area contributed by atoms with Crippen molar-refractivity contribution in [2.75, 3.05) is 27.1 Å². The highest BCUT2D eigenvalue weighted by Gasteiger charge is 2.36. The number of carbonyl (C=O) groups is 2. The van der Waals surface area contributed by atoms with Crippen molar-refractivity contribution in [2.45, 2.75) is 10.9 Å². The first-order valence-electron chi connectivity index (χ1n) is 9.19. The van der Waals surface area contributed by atoms with Gasteiger partial charge in [-0.3, -0.25) is 0 Å². The fraction of sp³-hybridized carbons (Fsp3) is 0.238. The van der Waals surface area contributed by atoms with E-state index in [2.05, 4.69) is 10.6 Å². The van der Waals surface area contributed by atoms with Crippen molar-refractivity contribution in [1.82, 2.24) is 10.6 Å². The Kier molecular flexibility index (Phi) is 6.50. The largest absolute Gasteiger partial charge is 0.497 e. The zero-order valence-electron chi connectivity index (χ0n) is 17.2. The summed E-state index contributed by atoms with van der Waals surface area (Å²) in [5, 5.41) is 5.10. The number of benzene rings is 2. The summed E-state index contributed by atoms with van der Waals surface area (Å²) in [6, 6.07) is 11.6. The van der Waals surface area contributed by atoms with E-state index in [1.54, 1.807) is 36.4 Å². The molecule has 0 aliphatic carbocycles. The highest BCUT2D eigenvalue weighted by molar-refractivity contribution is 7.91. The molecule has 2 amide bonds. The Morgan fingerprint density at radius 1 is 1.03 bits per heavy atom. The van der Waals surface area contributed by atoms with Gasteiger partial charge in [-0.2, -0.15) is 0 Å². The molecule has 0 aromatic heterocycles. The zero-order chi connectivity index (χ0) is 22.6. The lowest BCUT2D eigenvalue weighted by Gasteiger charge is -2.29. The van der Waals surface area contributed by atoms with Crippen molar-refractivity contribution in [3.63, 3.8) is 0 Å². The van der Waals surface area contributed by atoms with Crippen LogP contribution in [0.25, 0.3) is 0 Å². The SMILES string of the molecule is COC(=O)C1=C(CS(=O)(=O)c2cc(OC)ccc2OC)NC(=O)N[C@H]1c1ccccc1. The Morgan fingerprint density at radius 2 is 1.74 bits per heavy atom. The molecule has 0 fully saturated rings. The first-order valence-corrected chi connectivity index (χ1v) is 10.8. The summed E-state index contributed by atoms with van der Waals surface area (Å²) in [6.07, 6.45) is 0. The number of urea groups is 1. The molecule has 1 aliphatic heterocycles. The van der Waals surface area contributed by atoms with E-state index < -0.39 is 33.6 Å². The summed E-state index contributed by atoms with van der Waals surface area (Å²) in [6.45, 7) is 0. The Balaban J connectivity index is 2.13. The third-order valence-corrected chi connectivity index (χ3v) is 6.39. The third-order valence-electron chi connectivity index (χ3n) is 4.73. The minimum absolute atomic E-state index is 0.00117. The monoisotopic (exact) mass is 446 g/mol. The summed E-state index contributed by atoms with van der Waals surface area (Å²) in [5.74, 6) is -0.986. The molecule has 1 heterocycles. The molecular weight excluding hydrogens is 424 g/mol. The predicted molar refractivity (Wildman–Crippen MR) is 111 cm³/mol. The maximum atomic E-state index is 13.3. The number of nitrogens with one attached hydrogen (secondary N) is 2. The van der Waals surface area contributed by atoms with Gasteiger partial charge < -0.3 is 24.8 Å². The number of sulfone groups is 1. The maximum Gasteiger partial charge on any atom is 0.338 e. The van der Waals surface area contributed by atoms with E-state index in [1.807, 2.05) is 0 Å². The highest BCUT2D eigenvalue weighted by Crippen LogP contribution is 2.32. The van der Waals surface area contributed by atoms with Gasteiger partial charge in [0.25, 0.3) is 0 Å². The molecule has 2 aromatic rings. The van der Waals surface area contributed by atoms with E-state index in [4.69, 9.17) is 14.2 Å². The van der Waals surface area contributed by atoms with E-state index in [0.29, 0.717) is 11.3 Å². The Labute approximate surface area is 179 Å². The van der Waals surface area contributed by atoms with Gasteiger partial charge in [-0.05, 0) is 17.7 Å². The van der Waals surface area contributed by atoms with Crippen LogP contribution in [0, 0.1) is 0 Å². The molecule has 0 radical (unpaired) electrons. The average Bonchev–Trinajstić information content (AvgIpc) is 2.78. The lowest BCUT2D eigenvalue weighted by molar-refractivity contribution is -0.136. The number of amides is 2. The summed E-state index contributed by atoms with van der Waals surface area (Å²) < 4.78 is 41.7. The molecule has 2 aromatic carbocycles. The van der Waals surface area contributed by atoms with Crippen LogP contribution in [0.3, 0.4) is 0 Å². The molecular formula is C21H22N2O7S. The topological polar surface area (TPSA) is 120 Å². The van der Waals surface area contributed by atoms with Crippen molar-refractivity contribution in [3.05, 3.63) is 65.4 Å². The van der Waals surface area contributed by atoms with E-state index in [1.165, 1.54) is 33.5 Å². The molecule has 9 nitrogen and oxygen atoms in total. The van der Waals surface area contributed by atoms with Crippen LogP contribution in [-0.2, 0) is 19.4 Å². The Morgan fingerprint density at radius 3 is 2.35 bits per heavy atom. The number of carbonyl (C=O) groups excluding carboxylic acids is 2. The van der Waals surface area contributed by atoms with Crippen LogP contribution >= 0.6 is 0 Å². The van der Waals surface area contributed by atoms with Crippen LogP contribution in [-0.4, -0.2) is 47.5 Å². The van der Waals surface area contributed by atoms with Gasteiger partial charge in [0.2, 0.25) is 0 Å². The summed E-state index contributed by atoms with van der Waals surface area (Å²) in [5.41, 5.74) is 0.527. The van der Waals surface area contributed by atoms with Gasteiger partial charge in [0.15, 0.2) is 9.84 Å². The van der Waals surface area contributed by atoms with Gasteiger partial charge in [0.1, 0.15) is 16.4 Å². The number of ether oxygens (including phenoxy) is 3. The lowest BCUT2D eigenvalue weighted by atomic mass is 9.96. The minimum Gasteiger partial charge on any atom is -0.497 e. The van der Waals surface area contributed by atoms with Crippen LogP contribution in [0.5, 0.6) is 11.5 Å². The normalized spacial score (nSPS) is 16.2. The van der Waals surface area contributed by atoms with Gasteiger partial charge in [0, 0.05) is 11.8 Å². The first kappa shape index (κ1) is 22.2. The summed E-state index contributed by atoms with van der Waals surface area (Å²) in [7, 11) is -0.111. The van der Waals surface area contributed by atoms with Gasteiger partial charge in [-0.15, -0.1) is 0 Å². The Bertz CT molecular complexity index is 1130. The number of hydrogen-bond donors (Lipinski definition) is 2. The summed E-state index contributed by atoms with van der Waals surface area (Å²) in [4.78, 5) is 24.8. The molecule has 1 aliphatic rings. The number of methoxy groups -OCH3 is 3. The molecule has 31 heavy (non-hydrogen) atoms. The molecule has 0 saturated heterocycles. The molecule has 0 bridgehead atoms. The second-order valence-corrected chi connectivity index (χ2v) is 8.56. The maximum absolute atomic E-state index is 13.3. The molecule has 164 valence electrons. The Hall–Kier alpha value is -3.53. The van der Waals surface area contributed by atoms with Gasteiger partial charge >= 0.3 is 12.0 Å². The molecule has 3 rings (SSSR count). The standard InChI is InChI=1S/C21H22N2O7S/c1-28-14-9-10-16(29-2)17(11-14)31(26,27)12-15-18(20(24)30-3)19(23-21(25)22-15)13-7-5-4-6-8-13/h4-11,19H,12H2,1-3H3,(H2,22,23,25)/t19-/m0/s1. The van der Waals surface area contributed by atoms with Crippen LogP contribution < -0.4 is 20.1 Å². The first-order chi connectivity index (χ1) is 14.8. The van der Waals surface area contributed by atoms with E-state index in [9.17, 15) is 18.0 Å². The van der Waals surface area contributed by atoms with Crippen LogP contribution in [0.2, 0.25) is 0 Å². The van der Waals surface area contributed by atoms with Crippen LogP contribution in [0.4, 0.5) is 4.79 Å². The second kappa shape index (κ2) is 9.09. The average molecular weight is 446 g/mol. The number of rotatable bonds is 7. The quantitative estimate of drug-likeness (QED) is 0.624. The van der Waals surface area contributed by atoms with Crippen molar-refractivity contribution in [2.24, 2.45) is 0 Å². The molecule has 0 unspecified atom stereocenters. The van der Waals surface area contributed by atoms with Gasteiger partial charge in [-0.25, -0.2) is 18.0 Å². The number of hydrogen-bond acceptors (Lipinski definition) is 7. The third kappa shape index (κ3) is 4.64. The zero-order valence-corrected chi connectivity index (χ0v) is 18.0. The van der Waals surface area contributed by atoms with Crippen molar-refractivity contribution >= 4 is 21.8 Å². The summed E-state index contributed by atoms with van der Waals surface area (Å²) >= 11 is 0. The second-order valence-electron chi connectivity index (χ2n) is 6.60. The van der Waals surface area contributed by atoms with Crippen molar-refractivity contribution in [1.29, 1.82) is 0 Å². The molecule has 0 saturated carbocycles. The highest BCUT2D eigenvalue weighted by atomic mass is 32.2. The predicted octanol–water partition coefficient (Wildman–Crippen LogP) is 1.96.